The van der Waals surface area contributed by atoms with Crippen molar-refractivity contribution < 1.29 is 19.1 Å². The summed E-state index contributed by atoms with van der Waals surface area (Å²) in [6.45, 7) is 7.41. The van der Waals surface area contributed by atoms with Crippen LogP contribution in [-0.4, -0.2) is 102 Å². The van der Waals surface area contributed by atoms with Gasteiger partial charge >= 0.3 is 0 Å². The Morgan fingerprint density at radius 1 is 1.12 bits per heavy atom. The Labute approximate surface area is 296 Å². The van der Waals surface area contributed by atoms with Gasteiger partial charge in [-0.2, -0.15) is 5.26 Å². The Balaban J connectivity index is 1.27. The molecule has 2 aliphatic carbocycles. The van der Waals surface area contributed by atoms with Crippen molar-refractivity contribution in [1.82, 2.24) is 25.3 Å². The number of fused-ring (bicyclic) bond motifs is 2. The summed E-state index contributed by atoms with van der Waals surface area (Å²) in [5.74, 6) is 0.139. The molecule has 49 heavy (non-hydrogen) atoms. The molecule has 1 amide bonds. The SMILES string of the molecule is C=CC(=O)N1CCN(C2NC(OCC3CCCN3C)NC3(C4CCCCCC4)C(=O)[C@]4(CCC23)Cc2ccc(Cl)cc2CO4)CC1CC#N. The van der Waals surface area contributed by atoms with Gasteiger partial charge in [-0.1, -0.05) is 49.9 Å². The molecule has 1 aromatic rings. The van der Waals surface area contributed by atoms with Gasteiger partial charge in [0.25, 0.3) is 0 Å². The summed E-state index contributed by atoms with van der Waals surface area (Å²) in [6.07, 6.45) is 11.7. The zero-order chi connectivity index (χ0) is 34.2. The molecule has 11 heteroatoms. The van der Waals surface area contributed by atoms with Crippen LogP contribution in [0.2, 0.25) is 5.02 Å². The Morgan fingerprint density at radius 3 is 2.67 bits per heavy atom. The number of benzene rings is 1. The molecule has 266 valence electrons. The number of nitrogens with one attached hydrogen (secondary N) is 2. The fourth-order valence-electron chi connectivity index (χ4n) is 10.2. The number of ketones is 1. The molecule has 7 rings (SSSR count). The quantitative estimate of drug-likeness (QED) is 0.318. The molecular formula is C38H53ClN6O4. The number of likely N-dealkylation sites (N-methyl/N-ethyl adjacent to an activating group) is 1. The minimum absolute atomic E-state index is 0.0395. The van der Waals surface area contributed by atoms with Gasteiger partial charge in [-0.25, -0.2) is 0 Å². The van der Waals surface area contributed by atoms with Crippen LogP contribution in [0.5, 0.6) is 0 Å². The van der Waals surface area contributed by atoms with Crippen molar-refractivity contribution in [1.29, 1.82) is 5.26 Å². The second-order valence-electron chi connectivity index (χ2n) is 15.4. The monoisotopic (exact) mass is 692 g/mol. The lowest BCUT2D eigenvalue weighted by atomic mass is 9.55. The second kappa shape index (κ2) is 14.7. The summed E-state index contributed by atoms with van der Waals surface area (Å²) >= 11 is 6.36. The Hall–Kier alpha value is -2.36. The Bertz CT molecular complexity index is 1450. The number of hydrogen-bond acceptors (Lipinski definition) is 9. The highest BCUT2D eigenvalue weighted by molar-refractivity contribution is 6.30. The summed E-state index contributed by atoms with van der Waals surface area (Å²) in [4.78, 5) is 35.1. The van der Waals surface area contributed by atoms with Gasteiger partial charge in [-0.3, -0.25) is 25.1 Å². The molecular weight excluding hydrogens is 640 g/mol. The highest BCUT2D eigenvalue weighted by Crippen LogP contribution is 2.52. The second-order valence-corrected chi connectivity index (χ2v) is 15.8. The number of nitriles is 1. The van der Waals surface area contributed by atoms with Crippen LogP contribution in [0.15, 0.2) is 30.9 Å². The fourth-order valence-corrected chi connectivity index (χ4v) is 10.4. The molecule has 1 spiro atoms. The van der Waals surface area contributed by atoms with E-state index in [0.717, 1.165) is 62.6 Å². The van der Waals surface area contributed by atoms with E-state index in [0.29, 0.717) is 56.8 Å². The van der Waals surface area contributed by atoms with Crippen molar-refractivity contribution in [2.45, 2.75) is 119 Å². The molecule has 2 N–H and O–H groups in total. The van der Waals surface area contributed by atoms with Crippen LogP contribution in [0.1, 0.15) is 81.8 Å². The average Bonchev–Trinajstić information content (AvgIpc) is 3.33. The zero-order valence-corrected chi connectivity index (χ0v) is 29.8. The normalized spacial score (nSPS) is 36.1. The number of carbonyl (C=O) groups excluding carboxylic acids is 2. The summed E-state index contributed by atoms with van der Waals surface area (Å²) in [7, 11) is 2.16. The maximum absolute atomic E-state index is 15.7. The van der Waals surface area contributed by atoms with E-state index in [-0.39, 0.29) is 42.2 Å². The molecule has 0 radical (unpaired) electrons. The third-order valence-corrected chi connectivity index (χ3v) is 13.0. The summed E-state index contributed by atoms with van der Waals surface area (Å²) in [5, 5.41) is 18.2. The number of halogens is 1. The Kier molecular flexibility index (Phi) is 10.5. The van der Waals surface area contributed by atoms with Gasteiger partial charge < -0.3 is 19.3 Å². The lowest BCUT2D eigenvalue weighted by Crippen LogP contribution is -2.83. The molecule has 3 saturated heterocycles. The standard InChI is InChI=1S/C38H53ClN6O4/c1-3-33(46)45-20-19-44(23-30(45)15-17-40)34-32-14-16-37(22-26-12-13-29(39)21-27(26)24-49-37)35(47)38(32,28-9-6-4-5-7-10-28)42-36(41-34)48-25-31-11-8-18-43(31)2/h3,12-13,21,28,30-32,34,36,41-42H,1,4-11,14-16,18-20,22-25H2,2H3/t30?,31?,32?,34?,36?,37-,38?/m0/s1. The zero-order valence-electron chi connectivity index (χ0n) is 29.0. The molecule has 4 heterocycles. The first kappa shape index (κ1) is 35.1. The van der Waals surface area contributed by atoms with Crippen LogP contribution < -0.4 is 10.6 Å². The summed E-state index contributed by atoms with van der Waals surface area (Å²) in [6, 6.07) is 8.36. The van der Waals surface area contributed by atoms with E-state index in [1.165, 1.54) is 18.9 Å². The highest BCUT2D eigenvalue weighted by atomic mass is 35.5. The van der Waals surface area contributed by atoms with Gasteiger partial charge in [0.15, 0.2) is 12.1 Å². The number of nitrogens with zero attached hydrogens (tertiary/aromatic N) is 4. The number of amides is 1. The first-order chi connectivity index (χ1) is 23.8. The third-order valence-electron chi connectivity index (χ3n) is 12.8. The lowest BCUT2D eigenvalue weighted by molar-refractivity contribution is -0.196. The van der Waals surface area contributed by atoms with Crippen LogP contribution in [0.3, 0.4) is 0 Å². The van der Waals surface area contributed by atoms with E-state index in [2.05, 4.69) is 46.2 Å². The molecule has 6 aliphatic rings. The van der Waals surface area contributed by atoms with E-state index < -0.39 is 17.5 Å². The number of ether oxygens (including phenoxy) is 2. The number of carbonyl (C=O) groups is 2. The van der Waals surface area contributed by atoms with E-state index in [1.807, 2.05) is 12.1 Å². The minimum Gasteiger partial charge on any atom is -0.362 e. The van der Waals surface area contributed by atoms with E-state index in [1.54, 1.807) is 4.90 Å². The molecule has 6 unspecified atom stereocenters. The van der Waals surface area contributed by atoms with Gasteiger partial charge in [0, 0.05) is 43.0 Å². The molecule has 4 aliphatic heterocycles. The Morgan fingerprint density at radius 2 is 1.94 bits per heavy atom. The highest BCUT2D eigenvalue weighted by Gasteiger charge is 2.66. The van der Waals surface area contributed by atoms with Crippen LogP contribution in [-0.2, 0) is 32.1 Å². The topological polar surface area (TPSA) is 110 Å². The molecule has 5 fully saturated rings. The summed E-state index contributed by atoms with van der Waals surface area (Å²) in [5.41, 5.74) is 0.425. The minimum atomic E-state index is -0.923. The van der Waals surface area contributed by atoms with Crippen molar-refractivity contribution >= 4 is 23.3 Å². The number of Topliss-reactive ketones (excluding diaryl/α,β-unsaturated/α-hetero) is 1. The average molecular weight is 693 g/mol. The molecule has 7 atom stereocenters. The van der Waals surface area contributed by atoms with Gasteiger partial charge in [0.05, 0.1) is 43.5 Å². The largest absolute Gasteiger partial charge is 0.362 e. The maximum Gasteiger partial charge on any atom is 0.246 e. The van der Waals surface area contributed by atoms with Crippen molar-refractivity contribution in [2.24, 2.45) is 11.8 Å². The molecule has 0 bridgehead atoms. The predicted octanol–water partition coefficient (Wildman–Crippen LogP) is 4.37. The van der Waals surface area contributed by atoms with Crippen LogP contribution >= 0.6 is 11.6 Å². The van der Waals surface area contributed by atoms with Gasteiger partial charge in [-0.05, 0) is 87.4 Å². The molecule has 2 saturated carbocycles. The van der Waals surface area contributed by atoms with Crippen molar-refractivity contribution in [3.8, 4) is 6.07 Å². The smallest absolute Gasteiger partial charge is 0.246 e. The van der Waals surface area contributed by atoms with E-state index in [9.17, 15) is 10.1 Å². The maximum atomic E-state index is 15.7. The number of hydrogen-bond donors (Lipinski definition) is 2. The summed E-state index contributed by atoms with van der Waals surface area (Å²) < 4.78 is 13.5. The lowest BCUT2D eigenvalue weighted by Gasteiger charge is -2.62. The van der Waals surface area contributed by atoms with Crippen molar-refractivity contribution in [3.05, 3.63) is 47.0 Å². The number of rotatable bonds is 7. The predicted molar refractivity (Wildman–Crippen MR) is 187 cm³/mol. The van der Waals surface area contributed by atoms with Crippen molar-refractivity contribution in [3.63, 3.8) is 0 Å². The van der Waals surface area contributed by atoms with Gasteiger partial charge in [0.1, 0.15) is 5.60 Å². The first-order valence-corrected chi connectivity index (χ1v) is 19.0. The molecule has 0 aromatic heterocycles. The third kappa shape index (κ3) is 6.61. The first-order valence-electron chi connectivity index (χ1n) is 18.6. The van der Waals surface area contributed by atoms with E-state index in [4.69, 9.17) is 21.1 Å². The van der Waals surface area contributed by atoms with Crippen LogP contribution in [0, 0.1) is 23.2 Å². The van der Waals surface area contributed by atoms with E-state index >= 15 is 4.79 Å². The molecule has 10 nitrogen and oxygen atoms in total. The van der Waals surface area contributed by atoms with Crippen LogP contribution in [0.4, 0.5) is 0 Å². The van der Waals surface area contributed by atoms with Gasteiger partial charge in [-0.15, -0.1) is 0 Å². The number of piperazine rings is 1. The fraction of sp³-hybridized carbons (Fsp3) is 0.711. The number of likely N-dealkylation sites (tertiary alicyclic amines) is 1. The van der Waals surface area contributed by atoms with Crippen molar-refractivity contribution in [2.75, 3.05) is 39.8 Å². The van der Waals surface area contributed by atoms with Gasteiger partial charge in [0.2, 0.25) is 5.91 Å². The van der Waals surface area contributed by atoms with Crippen LogP contribution in [0.25, 0.3) is 0 Å². The molecule has 1 aromatic carbocycles.